The van der Waals surface area contributed by atoms with E-state index >= 15 is 0 Å². The number of allylic oxidation sites excluding steroid dienone is 2. The van der Waals surface area contributed by atoms with Crippen molar-refractivity contribution in [2.75, 3.05) is 11.5 Å². The number of nitrogens with two attached hydrogens (primary N) is 2. The second-order valence-electron chi connectivity index (χ2n) is 9.45. The Kier molecular flexibility index (Phi) is 7.86. The maximum Gasteiger partial charge on any atom is 0.250 e. The summed E-state index contributed by atoms with van der Waals surface area (Å²) in [5.41, 5.74) is 13.6. The first kappa shape index (κ1) is 24.1. The van der Waals surface area contributed by atoms with Gasteiger partial charge in [0.05, 0.1) is 12.5 Å². The summed E-state index contributed by atoms with van der Waals surface area (Å²) >= 11 is 0. The average molecular weight is 445 g/mol. The second kappa shape index (κ2) is 10.4. The van der Waals surface area contributed by atoms with Crippen LogP contribution in [0.4, 0.5) is 11.4 Å². The molecule has 1 aromatic rings. The van der Waals surface area contributed by atoms with Crippen molar-refractivity contribution >= 4 is 11.4 Å². The highest BCUT2D eigenvalue weighted by atomic mass is 16.7. The van der Waals surface area contributed by atoms with E-state index in [1.165, 1.54) is 0 Å². The summed E-state index contributed by atoms with van der Waals surface area (Å²) in [5, 5.41) is 0. The van der Waals surface area contributed by atoms with E-state index in [9.17, 15) is 0 Å². The Morgan fingerprint density at radius 2 is 1.06 bits per heavy atom. The first-order valence-corrected chi connectivity index (χ1v) is 12.0. The van der Waals surface area contributed by atoms with Crippen LogP contribution in [-0.2, 0) is 9.47 Å². The normalized spacial score (nSPS) is 31.0. The van der Waals surface area contributed by atoms with Gasteiger partial charge in [0.15, 0.2) is 0 Å². The van der Waals surface area contributed by atoms with E-state index in [1.807, 2.05) is 38.1 Å². The van der Waals surface area contributed by atoms with Crippen LogP contribution in [0.15, 0.2) is 36.8 Å². The van der Waals surface area contributed by atoms with Gasteiger partial charge in [-0.05, 0) is 63.5 Å². The fraction of sp³-hybridized carbons (Fsp3) is 0.615. The van der Waals surface area contributed by atoms with Crippen molar-refractivity contribution in [1.29, 1.82) is 0 Å². The minimum absolute atomic E-state index is 0.370. The molecule has 0 aliphatic heterocycles. The molecule has 0 radical (unpaired) electrons. The van der Waals surface area contributed by atoms with E-state index in [0.717, 1.165) is 51.4 Å². The summed E-state index contributed by atoms with van der Waals surface area (Å²) in [4.78, 5) is 0. The molecule has 178 valence electrons. The highest BCUT2D eigenvalue weighted by Crippen LogP contribution is 2.44. The third kappa shape index (κ3) is 5.64. The lowest BCUT2D eigenvalue weighted by Gasteiger charge is -2.39. The number of benzene rings is 1. The predicted molar refractivity (Wildman–Crippen MR) is 129 cm³/mol. The van der Waals surface area contributed by atoms with Crippen molar-refractivity contribution in [3.05, 3.63) is 36.8 Å². The number of ether oxygens (including phenoxy) is 4. The van der Waals surface area contributed by atoms with Crippen molar-refractivity contribution in [3.8, 4) is 11.5 Å². The fourth-order valence-corrected chi connectivity index (χ4v) is 4.45. The Morgan fingerprint density at radius 3 is 1.38 bits per heavy atom. The highest BCUT2D eigenvalue weighted by molar-refractivity contribution is 5.77. The Balaban J connectivity index is 1.82. The van der Waals surface area contributed by atoms with E-state index in [1.54, 1.807) is 12.5 Å². The lowest BCUT2D eigenvalue weighted by molar-refractivity contribution is -0.171. The summed E-state index contributed by atoms with van der Waals surface area (Å²) in [7, 11) is 0. The van der Waals surface area contributed by atoms with Crippen LogP contribution in [0.1, 0.15) is 79.1 Å². The van der Waals surface area contributed by atoms with Gasteiger partial charge < -0.3 is 30.4 Å². The smallest absolute Gasteiger partial charge is 0.250 e. The molecular weight excluding hydrogens is 404 g/mol. The maximum absolute atomic E-state index is 6.43. The van der Waals surface area contributed by atoms with Gasteiger partial charge in [-0.1, -0.05) is 26.0 Å². The van der Waals surface area contributed by atoms with Crippen LogP contribution in [-0.4, -0.2) is 11.6 Å². The van der Waals surface area contributed by atoms with Gasteiger partial charge >= 0.3 is 0 Å². The molecule has 0 unspecified atom stereocenters. The topological polar surface area (TPSA) is 89.0 Å². The molecule has 0 spiro atoms. The molecule has 3 rings (SSSR count). The Bertz CT molecular complexity index is 737. The number of nitrogen functional groups attached to an aromatic ring is 2. The average Bonchev–Trinajstić information content (AvgIpc) is 2.80. The van der Waals surface area contributed by atoms with Crippen LogP contribution in [0.5, 0.6) is 11.5 Å². The zero-order valence-corrected chi connectivity index (χ0v) is 20.1. The van der Waals surface area contributed by atoms with Crippen LogP contribution in [0.2, 0.25) is 0 Å². The lowest BCUT2D eigenvalue weighted by Crippen LogP contribution is -2.42. The number of hydrogen-bond donors (Lipinski definition) is 2. The van der Waals surface area contributed by atoms with Crippen LogP contribution in [0.25, 0.3) is 0 Å². The zero-order valence-electron chi connectivity index (χ0n) is 20.1. The minimum atomic E-state index is -0.724. The van der Waals surface area contributed by atoms with E-state index in [0.29, 0.717) is 34.7 Å². The molecule has 0 bridgehead atoms. The zero-order chi connectivity index (χ0) is 23.2. The second-order valence-corrected chi connectivity index (χ2v) is 9.45. The van der Waals surface area contributed by atoms with Gasteiger partial charge in [-0.15, -0.1) is 0 Å². The molecule has 32 heavy (non-hydrogen) atoms. The SMILES string of the molecule is CC=COC1(Oc2ccc(OC3(OC=CC)CCC(C)CC3)c(N)c2N)CCC(C)CC1. The largest absolute Gasteiger partial charge is 0.460 e. The van der Waals surface area contributed by atoms with Gasteiger partial charge in [0.1, 0.15) is 22.9 Å². The molecule has 0 aromatic heterocycles. The molecule has 6 heteroatoms. The molecular formula is C26H40N2O4. The van der Waals surface area contributed by atoms with Crippen molar-refractivity contribution in [2.45, 2.75) is 90.6 Å². The molecule has 4 N–H and O–H groups in total. The summed E-state index contributed by atoms with van der Waals surface area (Å²) in [6.07, 6.45) is 14.5. The Hall–Kier alpha value is -2.50. The van der Waals surface area contributed by atoms with Crippen molar-refractivity contribution in [1.82, 2.24) is 0 Å². The van der Waals surface area contributed by atoms with Gasteiger partial charge in [-0.3, -0.25) is 0 Å². The van der Waals surface area contributed by atoms with Gasteiger partial charge in [-0.2, -0.15) is 0 Å². The third-order valence-corrected chi connectivity index (χ3v) is 6.71. The van der Waals surface area contributed by atoms with Crippen LogP contribution in [0, 0.1) is 11.8 Å². The van der Waals surface area contributed by atoms with Crippen molar-refractivity contribution < 1.29 is 18.9 Å². The Morgan fingerprint density at radius 1 is 0.719 bits per heavy atom. The van der Waals surface area contributed by atoms with Crippen molar-refractivity contribution in [2.24, 2.45) is 11.8 Å². The van der Waals surface area contributed by atoms with Gasteiger partial charge in [0.25, 0.3) is 0 Å². The first-order chi connectivity index (χ1) is 15.3. The number of rotatable bonds is 8. The predicted octanol–water partition coefficient (Wildman–Crippen LogP) is 6.52. The van der Waals surface area contributed by atoms with Crippen LogP contribution in [0.3, 0.4) is 0 Å². The summed E-state index contributed by atoms with van der Waals surface area (Å²) in [6.45, 7) is 8.37. The first-order valence-electron chi connectivity index (χ1n) is 12.0. The lowest BCUT2D eigenvalue weighted by atomic mass is 9.86. The molecule has 2 aliphatic rings. The Labute approximate surface area is 192 Å². The van der Waals surface area contributed by atoms with Crippen LogP contribution < -0.4 is 20.9 Å². The molecule has 0 saturated heterocycles. The summed E-state index contributed by atoms with van der Waals surface area (Å²) in [6, 6.07) is 3.66. The molecule has 0 atom stereocenters. The maximum atomic E-state index is 6.43. The monoisotopic (exact) mass is 444 g/mol. The van der Waals surface area contributed by atoms with Gasteiger partial charge in [-0.25, -0.2) is 0 Å². The highest BCUT2D eigenvalue weighted by Gasteiger charge is 2.40. The quantitative estimate of drug-likeness (QED) is 0.269. The molecule has 1 aromatic carbocycles. The third-order valence-electron chi connectivity index (χ3n) is 6.71. The van der Waals surface area contributed by atoms with E-state index in [2.05, 4.69) is 13.8 Å². The van der Waals surface area contributed by atoms with E-state index in [4.69, 9.17) is 30.4 Å². The van der Waals surface area contributed by atoms with Crippen molar-refractivity contribution in [3.63, 3.8) is 0 Å². The van der Waals surface area contributed by atoms with E-state index in [-0.39, 0.29) is 0 Å². The van der Waals surface area contributed by atoms with Gasteiger partial charge in [0, 0.05) is 25.7 Å². The molecule has 2 aliphatic carbocycles. The standard InChI is InChI=1S/C26H40N2O4/c1-5-17-29-25(13-9-19(3)10-14-25)31-21-7-8-22(24(28)23(21)27)32-26(30-18-6-2)15-11-20(4)12-16-26/h5-8,17-20H,9-16,27-28H2,1-4H3. The number of hydrogen-bond acceptors (Lipinski definition) is 6. The van der Waals surface area contributed by atoms with E-state index < -0.39 is 11.6 Å². The van der Waals surface area contributed by atoms with Crippen LogP contribution >= 0.6 is 0 Å². The number of anilines is 2. The summed E-state index contributed by atoms with van der Waals surface area (Å²) < 4.78 is 24.8. The van der Waals surface area contributed by atoms with Gasteiger partial charge in [0.2, 0.25) is 11.6 Å². The molecule has 2 saturated carbocycles. The molecule has 2 fully saturated rings. The molecule has 6 nitrogen and oxygen atoms in total. The fourth-order valence-electron chi connectivity index (χ4n) is 4.45. The molecule has 0 heterocycles. The minimum Gasteiger partial charge on any atom is -0.460 e. The molecule has 0 amide bonds. The summed E-state index contributed by atoms with van der Waals surface area (Å²) in [5.74, 6) is 0.913.